The minimum absolute atomic E-state index is 0.0408. The number of para-hydroxylation sites is 1. The molecule has 2 bridgehead atoms. The molecule has 4 aromatic rings. The highest BCUT2D eigenvalue weighted by Crippen LogP contribution is 2.50. The molecule has 0 spiro atoms. The molecule has 2 fully saturated rings. The van der Waals surface area contributed by atoms with Crippen molar-refractivity contribution in [3.63, 3.8) is 0 Å². The summed E-state index contributed by atoms with van der Waals surface area (Å²) in [6.07, 6.45) is -0.00648. The van der Waals surface area contributed by atoms with E-state index in [-0.39, 0.29) is 24.8 Å². The van der Waals surface area contributed by atoms with Gasteiger partial charge in [-0.15, -0.1) is 0 Å². The number of ether oxygens (including phenoxy) is 3. The average Bonchev–Trinajstić information content (AvgIpc) is 3.65. The molecule has 3 unspecified atom stereocenters. The maximum atomic E-state index is 14.0. The molecule has 2 aromatic heterocycles. The Bertz CT molecular complexity index is 1610. The molecule has 2 aliphatic rings. The molecule has 0 radical (unpaired) electrons. The van der Waals surface area contributed by atoms with Crippen LogP contribution in [0.3, 0.4) is 0 Å². The maximum absolute atomic E-state index is 14.0. The van der Waals surface area contributed by atoms with Gasteiger partial charge in [-0.1, -0.05) is 48.5 Å². The van der Waals surface area contributed by atoms with Crippen molar-refractivity contribution in [3.05, 3.63) is 78.9 Å². The van der Waals surface area contributed by atoms with Gasteiger partial charge in [-0.3, -0.25) is 13.9 Å². The normalized spacial score (nSPS) is 25.2. The van der Waals surface area contributed by atoms with Gasteiger partial charge in [-0.05, 0) is 24.6 Å². The van der Waals surface area contributed by atoms with E-state index in [1.165, 1.54) is 19.6 Å². The number of nitrogens with zero attached hydrogens (tertiary/aromatic N) is 4. The number of nitrogens with two attached hydrogens (primary N) is 1. The molecule has 6 rings (SSSR count). The number of esters is 1. The number of anilines is 1. The Balaban J connectivity index is 1.18. The number of imidazole rings is 1. The lowest BCUT2D eigenvalue weighted by Gasteiger charge is -2.32. The Morgan fingerprint density at radius 3 is 2.69 bits per heavy atom. The summed E-state index contributed by atoms with van der Waals surface area (Å²) in [4.78, 5) is 25.2. The number of fused-ring (bicyclic) bond motifs is 3. The molecule has 6 atom stereocenters. The standard InChI is InChI=1S/C27H29N6O8P/c1-17(26(35)37-12-18-8-4-2-5-9-18)32-42(36,41-19-10-6-3-7-11-19)39-14-27-13-38-21(22(27)34)25(40-27)33-16-31-20-23(28)29-15-30-24(20)33/h2-11,15-17,21-22,25,34H,12-14H2,1H3,(H,32,36)(H2,28,29,30)/t17?,21?,22-,25-,27-,42?/m1/s1. The molecule has 4 heterocycles. The summed E-state index contributed by atoms with van der Waals surface area (Å²) in [5.74, 6) is -0.223. The van der Waals surface area contributed by atoms with Crippen molar-refractivity contribution in [1.29, 1.82) is 0 Å². The van der Waals surface area contributed by atoms with Crippen LogP contribution in [0.15, 0.2) is 73.3 Å². The van der Waals surface area contributed by atoms with Gasteiger partial charge in [0.05, 0.1) is 19.5 Å². The van der Waals surface area contributed by atoms with Gasteiger partial charge >= 0.3 is 13.7 Å². The predicted octanol–water partition coefficient (Wildman–Crippen LogP) is 2.36. The zero-order valence-corrected chi connectivity index (χ0v) is 23.4. The summed E-state index contributed by atoms with van der Waals surface area (Å²) in [7, 11) is -4.24. The van der Waals surface area contributed by atoms with Gasteiger partial charge in [0.15, 0.2) is 17.7 Å². The fourth-order valence-electron chi connectivity index (χ4n) is 4.84. The fraction of sp³-hybridized carbons (Fsp3) is 0.333. The Morgan fingerprint density at radius 2 is 1.93 bits per heavy atom. The minimum Gasteiger partial charge on any atom is -0.460 e. The van der Waals surface area contributed by atoms with Crippen molar-refractivity contribution in [3.8, 4) is 5.75 Å². The molecule has 4 N–H and O–H groups in total. The quantitative estimate of drug-likeness (QED) is 0.170. The molecular weight excluding hydrogens is 567 g/mol. The Labute approximate surface area is 240 Å². The molecule has 220 valence electrons. The first-order valence-corrected chi connectivity index (χ1v) is 14.7. The highest BCUT2D eigenvalue weighted by atomic mass is 31.2. The molecule has 0 aliphatic carbocycles. The van der Waals surface area contributed by atoms with Gasteiger partial charge in [0.1, 0.15) is 48.1 Å². The topological polar surface area (TPSA) is 182 Å². The Morgan fingerprint density at radius 1 is 1.19 bits per heavy atom. The van der Waals surface area contributed by atoms with Crippen LogP contribution in [0.25, 0.3) is 11.2 Å². The Kier molecular flexibility index (Phi) is 7.66. The number of carbonyl (C=O) groups is 1. The van der Waals surface area contributed by atoms with E-state index in [0.717, 1.165) is 5.56 Å². The molecule has 2 saturated heterocycles. The van der Waals surface area contributed by atoms with Crippen LogP contribution in [0.1, 0.15) is 18.7 Å². The fourth-order valence-corrected chi connectivity index (χ4v) is 6.39. The molecule has 0 saturated carbocycles. The number of benzene rings is 2. The van der Waals surface area contributed by atoms with Gasteiger partial charge in [0.2, 0.25) is 0 Å². The number of rotatable bonds is 11. The summed E-state index contributed by atoms with van der Waals surface area (Å²) in [5, 5.41) is 13.8. The highest BCUT2D eigenvalue weighted by molar-refractivity contribution is 7.52. The number of aromatic nitrogens is 4. The van der Waals surface area contributed by atoms with Crippen molar-refractivity contribution in [2.75, 3.05) is 18.9 Å². The number of nitrogen functional groups attached to an aromatic ring is 1. The predicted molar refractivity (Wildman–Crippen MR) is 148 cm³/mol. The zero-order valence-electron chi connectivity index (χ0n) is 22.5. The van der Waals surface area contributed by atoms with Crippen LogP contribution in [0.2, 0.25) is 0 Å². The third-order valence-electron chi connectivity index (χ3n) is 7.04. The second kappa shape index (κ2) is 11.4. The van der Waals surface area contributed by atoms with Crippen molar-refractivity contribution in [2.45, 2.75) is 43.6 Å². The van der Waals surface area contributed by atoms with E-state index < -0.39 is 50.4 Å². The van der Waals surface area contributed by atoms with Crippen molar-refractivity contribution < 1.29 is 37.7 Å². The highest BCUT2D eigenvalue weighted by Gasteiger charge is 2.63. The molecule has 15 heteroatoms. The van der Waals surface area contributed by atoms with Crippen LogP contribution in [0.4, 0.5) is 5.82 Å². The molecular formula is C27H29N6O8P. The number of aliphatic hydroxyl groups excluding tert-OH is 1. The lowest BCUT2D eigenvalue weighted by atomic mass is 10.0. The largest absolute Gasteiger partial charge is 0.460 e. The maximum Gasteiger partial charge on any atom is 0.459 e. The van der Waals surface area contributed by atoms with E-state index in [4.69, 9.17) is 29.0 Å². The Hall–Kier alpha value is -3.91. The second-order valence-corrected chi connectivity index (χ2v) is 11.7. The van der Waals surface area contributed by atoms with Crippen LogP contribution >= 0.6 is 7.75 Å². The van der Waals surface area contributed by atoms with Crippen molar-refractivity contribution in [2.24, 2.45) is 0 Å². The van der Waals surface area contributed by atoms with E-state index in [0.29, 0.717) is 11.2 Å². The molecule has 2 aromatic carbocycles. The van der Waals surface area contributed by atoms with Crippen molar-refractivity contribution in [1.82, 2.24) is 24.6 Å². The number of hydrogen-bond donors (Lipinski definition) is 3. The number of aliphatic hydroxyl groups is 1. The average molecular weight is 597 g/mol. The van der Waals surface area contributed by atoms with Gasteiger partial charge in [0.25, 0.3) is 0 Å². The smallest absolute Gasteiger partial charge is 0.459 e. The summed E-state index contributed by atoms with van der Waals surface area (Å²) >= 11 is 0. The van der Waals surface area contributed by atoms with E-state index in [9.17, 15) is 14.5 Å². The number of nitrogens with one attached hydrogen (secondary N) is 1. The second-order valence-electron chi connectivity index (χ2n) is 10.00. The van der Waals surface area contributed by atoms with Gasteiger partial charge in [-0.25, -0.2) is 19.5 Å². The number of carbonyl (C=O) groups excluding carboxylic acids is 1. The summed E-state index contributed by atoms with van der Waals surface area (Å²) < 4.78 is 44.7. The molecule has 2 aliphatic heterocycles. The van der Waals surface area contributed by atoms with E-state index in [1.807, 2.05) is 30.3 Å². The lowest BCUT2D eigenvalue weighted by molar-refractivity contribution is -0.183. The first-order valence-electron chi connectivity index (χ1n) is 13.1. The first kappa shape index (κ1) is 28.2. The van der Waals surface area contributed by atoms with Crippen LogP contribution in [-0.2, 0) is 34.7 Å². The SMILES string of the molecule is CC(NP(=O)(OC[C@@]12COC([C@H](n3cnc4c(N)ncnc43)O1)[C@H]2O)Oc1ccccc1)C(=O)OCc1ccccc1. The summed E-state index contributed by atoms with van der Waals surface area (Å²) in [6, 6.07) is 16.5. The summed E-state index contributed by atoms with van der Waals surface area (Å²) in [6.45, 7) is 1.09. The summed E-state index contributed by atoms with van der Waals surface area (Å²) in [5.41, 5.74) is 6.08. The van der Waals surface area contributed by atoms with Crippen LogP contribution < -0.4 is 15.3 Å². The van der Waals surface area contributed by atoms with Crippen LogP contribution in [-0.4, -0.2) is 67.7 Å². The van der Waals surface area contributed by atoms with Crippen LogP contribution in [0.5, 0.6) is 5.75 Å². The van der Waals surface area contributed by atoms with E-state index >= 15 is 0 Å². The molecule has 42 heavy (non-hydrogen) atoms. The van der Waals surface area contributed by atoms with Crippen molar-refractivity contribution >= 4 is 30.7 Å². The van der Waals surface area contributed by atoms with Gasteiger partial charge in [-0.2, -0.15) is 5.09 Å². The molecule has 0 amide bonds. The van der Waals surface area contributed by atoms with Crippen LogP contribution in [0, 0.1) is 0 Å². The third kappa shape index (κ3) is 5.48. The number of hydrogen-bond acceptors (Lipinski definition) is 12. The van der Waals surface area contributed by atoms with E-state index in [2.05, 4.69) is 20.0 Å². The van der Waals surface area contributed by atoms with Gasteiger partial charge < -0.3 is 29.6 Å². The monoisotopic (exact) mass is 596 g/mol. The lowest BCUT2D eigenvalue weighted by Crippen LogP contribution is -2.45. The van der Waals surface area contributed by atoms with Gasteiger partial charge in [0, 0.05) is 0 Å². The first-order chi connectivity index (χ1) is 20.3. The minimum atomic E-state index is -4.24. The molecule has 14 nitrogen and oxygen atoms in total. The third-order valence-corrected chi connectivity index (χ3v) is 8.67. The zero-order chi connectivity index (χ0) is 29.3. The van der Waals surface area contributed by atoms with E-state index in [1.54, 1.807) is 34.9 Å².